The molecule has 106 valence electrons. The number of nitrogens with one attached hydrogen (secondary N) is 1. The summed E-state index contributed by atoms with van der Waals surface area (Å²) < 4.78 is 0. The quantitative estimate of drug-likeness (QED) is 0.929. The summed E-state index contributed by atoms with van der Waals surface area (Å²) in [6.07, 6.45) is 4.33. The van der Waals surface area contributed by atoms with Gasteiger partial charge in [-0.3, -0.25) is 0 Å². The molecule has 0 atom stereocenters. The zero-order valence-corrected chi connectivity index (χ0v) is 12.7. The Labute approximate surface area is 124 Å². The zero-order chi connectivity index (χ0) is 13.8. The Bertz CT molecular complexity index is 513. The topological polar surface area (TPSA) is 28.2 Å². The Hall–Kier alpha value is -1.39. The fraction of sp³-hybridized carbons (Fsp3) is 0.438. The number of piperidine rings is 1. The second kappa shape index (κ2) is 6.37. The van der Waals surface area contributed by atoms with E-state index >= 15 is 0 Å². The van der Waals surface area contributed by atoms with E-state index in [1.54, 1.807) is 11.3 Å². The molecule has 3 nitrogen and oxygen atoms in total. The molecule has 0 spiro atoms. The molecule has 1 aliphatic rings. The maximum absolute atomic E-state index is 4.34. The van der Waals surface area contributed by atoms with Crippen molar-refractivity contribution in [3.05, 3.63) is 35.8 Å². The summed E-state index contributed by atoms with van der Waals surface area (Å²) in [6, 6.07) is 9.26. The third-order valence-electron chi connectivity index (χ3n) is 3.97. The number of likely N-dealkylation sites (tertiary alicyclic amines) is 1. The largest absolute Gasteiger partial charge is 0.382 e. The number of aromatic nitrogens is 1. The third kappa shape index (κ3) is 3.19. The van der Waals surface area contributed by atoms with Crippen LogP contribution < -0.4 is 5.32 Å². The van der Waals surface area contributed by atoms with Crippen LogP contribution in [0.25, 0.3) is 10.6 Å². The zero-order valence-electron chi connectivity index (χ0n) is 11.9. The Morgan fingerprint density at radius 1 is 1.25 bits per heavy atom. The minimum atomic E-state index is 0.614. The van der Waals surface area contributed by atoms with Crippen LogP contribution in [0.2, 0.25) is 0 Å². The molecule has 20 heavy (non-hydrogen) atoms. The lowest BCUT2D eigenvalue weighted by atomic mass is 10.0. The molecule has 0 unspecified atom stereocenters. The summed E-state index contributed by atoms with van der Waals surface area (Å²) in [6.45, 7) is 5.84. The molecule has 3 rings (SSSR count). The molecule has 1 aromatic heterocycles. The van der Waals surface area contributed by atoms with Crippen LogP contribution in [-0.4, -0.2) is 35.6 Å². The van der Waals surface area contributed by atoms with Crippen molar-refractivity contribution < 1.29 is 0 Å². The molecule has 0 radical (unpaired) electrons. The van der Waals surface area contributed by atoms with Crippen molar-refractivity contribution in [3.63, 3.8) is 0 Å². The Balaban J connectivity index is 1.59. The summed E-state index contributed by atoms with van der Waals surface area (Å²) >= 11 is 1.68. The van der Waals surface area contributed by atoms with Crippen molar-refractivity contribution in [2.45, 2.75) is 25.8 Å². The normalized spacial score (nSPS) is 17.2. The van der Waals surface area contributed by atoms with Crippen LogP contribution in [0.3, 0.4) is 0 Å². The number of anilines is 1. The van der Waals surface area contributed by atoms with Gasteiger partial charge in [-0.25, -0.2) is 4.98 Å². The van der Waals surface area contributed by atoms with Crippen LogP contribution in [0.5, 0.6) is 0 Å². The molecular formula is C16H21N3S. The number of benzene rings is 1. The van der Waals surface area contributed by atoms with E-state index in [0.29, 0.717) is 6.04 Å². The van der Waals surface area contributed by atoms with Crippen molar-refractivity contribution in [2.75, 3.05) is 25.0 Å². The fourth-order valence-electron chi connectivity index (χ4n) is 2.70. The molecule has 2 aromatic rings. The molecule has 4 heteroatoms. The van der Waals surface area contributed by atoms with Crippen LogP contribution in [-0.2, 0) is 0 Å². The SMILES string of the molecule is CCN1CCC(Nc2ccc(-c3nccs3)cc2)CC1. The van der Waals surface area contributed by atoms with E-state index in [4.69, 9.17) is 0 Å². The predicted molar refractivity (Wildman–Crippen MR) is 86.3 cm³/mol. The molecule has 1 aromatic carbocycles. The lowest BCUT2D eigenvalue weighted by Gasteiger charge is -2.32. The van der Waals surface area contributed by atoms with Crippen molar-refractivity contribution >= 4 is 17.0 Å². The van der Waals surface area contributed by atoms with Gasteiger partial charge in [-0.05, 0) is 43.7 Å². The molecule has 0 bridgehead atoms. The monoisotopic (exact) mass is 287 g/mol. The van der Waals surface area contributed by atoms with E-state index in [1.165, 1.54) is 43.7 Å². The number of nitrogens with zero attached hydrogens (tertiary/aromatic N) is 2. The van der Waals surface area contributed by atoms with E-state index in [1.807, 2.05) is 11.6 Å². The van der Waals surface area contributed by atoms with E-state index in [2.05, 4.69) is 46.4 Å². The number of hydrogen-bond donors (Lipinski definition) is 1. The lowest BCUT2D eigenvalue weighted by molar-refractivity contribution is 0.229. The van der Waals surface area contributed by atoms with Crippen LogP contribution in [0, 0.1) is 0 Å². The van der Waals surface area contributed by atoms with Gasteiger partial charge in [0.05, 0.1) is 0 Å². The Morgan fingerprint density at radius 3 is 2.60 bits per heavy atom. The summed E-state index contributed by atoms with van der Waals surface area (Å²) in [5.74, 6) is 0. The van der Waals surface area contributed by atoms with Gasteiger partial charge in [0.25, 0.3) is 0 Å². The van der Waals surface area contributed by atoms with Crippen molar-refractivity contribution in [1.29, 1.82) is 0 Å². The second-order valence-electron chi connectivity index (χ2n) is 5.27. The molecule has 0 saturated carbocycles. The number of rotatable bonds is 4. The van der Waals surface area contributed by atoms with Gasteiger partial charge in [-0.15, -0.1) is 11.3 Å². The molecule has 1 saturated heterocycles. The van der Waals surface area contributed by atoms with Gasteiger partial charge in [-0.1, -0.05) is 6.92 Å². The molecule has 0 aliphatic carbocycles. The summed E-state index contributed by atoms with van der Waals surface area (Å²) in [5, 5.41) is 6.76. The molecule has 2 heterocycles. The van der Waals surface area contributed by atoms with Gasteiger partial charge in [-0.2, -0.15) is 0 Å². The predicted octanol–water partition coefficient (Wildman–Crippen LogP) is 3.71. The maximum atomic E-state index is 4.34. The summed E-state index contributed by atoms with van der Waals surface area (Å²) in [4.78, 5) is 6.86. The van der Waals surface area contributed by atoms with Crippen LogP contribution in [0.15, 0.2) is 35.8 Å². The first-order chi connectivity index (χ1) is 9.85. The lowest BCUT2D eigenvalue weighted by Crippen LogP contribution is -2.38. The minimum absolute atomic E-state index is 0.614. The van der Waals surface area contributed by atoms with Gasteiger partial charge < -0.3 is 10.2 Å². The van der Waals surface area contributed by atoms with Crippen LogP contribution in [0.4, 0.5) is 5.69 Å². The van der Waals surface area contributed by atoms with Crippen LogP contribution in [0.1, 0.15) is 19.8 Å². The second-order valence-corrected chi connectivity index (χ2v) is 6.16. The average Bonchev–Trinajstić information content (AvgIpc) is 3.03. The molecular weight excluding hydrogens is 266 g/mol. The molecule has 0 amide bonds. The van der Waals surface area contributed by atoms with E-state index < -0.39 is 0 Å². The summed E-state index contributed by atoms with van der Waals surface area (Å²) in [7, 11) is 0. The van der Waals surface area contributed by atoms with E-state index in [0.717, 1.165) is 5.01 Å². The van der Waals surface area contributed by atoms with Crippen molar-refractivity contribution in [2.24, 2.45) is 0 Å². The highest BCUT2D eigenvalue weighted by Gasteiger charge is 2.17. The number of thiazole rings is 1. The molecule has 1 N–H and O–H groups in total. The molecule has 1 fully saturated rings. The first-order valence-electron chi connectivity index (χ1n) is 7.34. The van der Waals surface area contributed by atoms with Gasteiger partial charge in [0.15, 0.2) is 0 Å². The standard InChI is InChI=1S/C16H21N3S/c1-2-19-10-7-15(8-11-19)18-14-5-3-13(4-6-14)16-17-9-12-20-16/h3-6,9,12,15,18H,2,7-8,10-11H2,1H3. The van der Waals surface area contributed by atoms with E-state index in [9.17, 15) is 0 Å². The third-order valence-corrected chi connectivity index (χ3v) is 4.79. The highest BCUT2D eigenvalue weighted by atomic mass is 32.1. The average molecular weight is 287 g/mol. The number of hydrogen-bond acceptors (Lipinski definition) is 4. The molecule has 1 aliphatic heterocycles. The minimum Gasteiger partial charge on any atom is -0.382 e. The smallest absolute Gasteiger partial charge is 0.123 e. The highest BCUT2D eigenvalue weighted by molar-refractivity contribution is 7.13. The van der Waals surface area contributed by atoms with Gasteiger partial charge >= 0.3 is 0 Å². The fourth-order valence-corrected chi connectivity index (χ4v) is 3.35. The first-order valence-corrected chi connectivity index (χ1v) is 8.22. The van der Waals surface area contributed by atoms with Gasteiger partial charge in [0.1, 0.15) is 5.01 Å². The maximum Gasteiger partial charge on any atom is 0.123 e. The van der Waals surface area contributed by atoms with Gasteiger partial charge in [0, 0.05) is 42.0 Å². The van der Waals surface area contributed by atoms with Crippen LogP contribution >= 0.6 is 11.3 Å². The summed E-state index contributed by atoms with van der Waals surface area (Å²) in [5.41, 5.74) is 2.42. The van der Waals surface area contributed by atoms with Crippen molar-refractivity contribution in [1.82, 2.24) is 9.88 Å². The highest BCUT2D eigenvalue weighted by Crippen LogP contribution is 2.24. The first kappa shape index (κ1) is 13.6. The Morgan fingerprint density at radius 2 is 2.00 bits per heavy atom. The van der Waals surface area contributed by atoms with Gasteiger partial charge in [0.2, 0.25) is 0 Å². The van der Waals surface area contributed by atoms with Crippen molar-refractivity contribution in [3.8, 4) is 10.6 Å². The Kier molecular flexibility index (Phi) is 4.33. The van der Waals surface area contributed by atoms with E-state index in [-0.39, 0.29) is 0 Å².